The molecule has 1 aromatic carbocycles. The third-order valence-electron chi connectivity index (χ3n) is 3.72. The van der Waals surface area contributed by atoms with Crippen LogP contribution in [0.4, 0.5) is 0 Å². The lowest BCUT2D eigenvalue weighted by Crippen LogP contribution is -1.98. The standard InChI is InChI=1S/C19H30O2/c1-2-3-4-5-6-7-8-9-16-21-19-14-10-12-18(17-19)13-11-15-20/h10,12,14-15,17H,2-9,11,13,16H2,1H3. The van der Waals surface area contributed by atoms with Crippen LogP contribution in [0, 0.1) is 0 Å². The van der Waals surface area contributed by atoms with Gasteiger partial charge in [-0.1, -0.05) is 64.0 Å². The Hall–Kier alpha value is -1.31. The highest BCUT2D eigenvalue weighted by Gasteiger charge is 1.98. The van der Waals surface area contributed by atoms with Crippen LogP contribution in [0.15, 0.2) is 24.3 Å². The Morgan fingerprint density at radius 3 is 2.43 bits per heavy atom. The molecule has 0 aromatic heterocycles. The molecule has 0 heterocycles. The van der Waals surface area contributed by atoms with E-state index in [0.29, 0.717) is 6.42 Å². The van der Waals surface area contributed by atoms with E-state index < -0.39 is 0 Å². The predicted octanol–water partition coefficient (Wildman–Crippen LogP) is 5.34. The lowest BCUT2D eigenvalue weighted by molar-refractivity contribution is -0.107. The monoisotopic (exact) mass is 290 g/mol. The molecule has 0 N–H and O–H groups in total. The van der Waals surface area contributed by atoms with Gasteiger partial charge in [0.05, 0.1) is 6.61 Å². The molecule has 2 heteroatoms. The fraction of sp³-hybridized carbons (Fsp3) is 0.632. The first-order valence-corrected chi connectivity index (χ1v) is 8.52. The van der Waals surface area contributed by atoms with Crippen molar-refractivity contribution in [3.05, 3.63) is 29.8 Å². The van der Waals surface area contributed by atoms with Crippen LogP contribution in [0.2, 0.25) is 0 Å². The molecule has 0 radical (unpaired) electrons. The Morgan fingerprint density at radius 2 is 1.71 bits per heavy atom. The SMILES string of the molecule is CCCCCCCCCCOc1cccc(CCC=O)c1. The summed E-state index contributed by atoms with van der Waals surface area (Å²) in [5, 5.41) is 0. The Bertz CT molecular complexity index is 374. The maximum absolute atomic E-state index is 10.4. The molecule has 0 saturated heterocycles. The number of aryl methyl sites for hydroxylation is 1. The van der Waals surface area contributed by atoms with E-state index in [-0.39, 0.29) is 0 Å². The van der Waals surface area contributed by atoms with Crippen molar-refractivity contribution < 1.29 is 9.53 Å². The average molecular weight is 290 g/mol. The smallest absolute Gasteiger partial charge is 0.120 e. The number of hydrogen-bond donors (Lipinski definition) is 0. The molecule has 0 atom stereocenters. The van der Waals surface area contributed by atoms with Gasteiger partial charge in [0, 0.05) is 6.42 Å². The normalized spacial score (nSPS) is 10.5. The maximum Gasteiger partial charge on any atom is 0.120 e. The Balaban J connectivity index is 2.05. The molecular weight excluding hydrogens is 260 g/mol. The van der Waals surface area contributed by atoms with E-state index >= 15 is 0 Å². The molecule has 0 amide bonds. The zero-order chi connectivity index (χ0) is 15.2. The van der Waals surface area contributed by atoms with Gasteiger partial charge in [-0.05, 0) is 30.5 Å². The molecule has 21 heavy (non-hydrogen) atoms. The number of unbranched alkanes of at least 4 members (excludes halogenated alkanes) is 7. The average Bonchev–Trinajstić information content (AvgIpc) is 2.52. The van der Waals surface area contributed by atoms with Gasteiger partial charge in [-0.25, -0.2) is 0 Å². The number of hydrogen-bond acceptors (Lipinski definition) is 2. The summed E-state index contributed by atoms with van der Waals surface area (Å²) in [6.45, 7) is 3.05. The third kappa shape index (κ3) is 9.28. The van der Waals surface area contributed by atoms with Crippen molar-refractivity contribution in [3.63, 3.8) is 0 Å². The van der Waals surface area contributed by atoms with Crippen LogP contribution >= 0.6 is 0 Å². The Morgan fingerprint density at radius 1 is 1.00 bits per heavy atom. The summed E-state index contributed by atoms with van der Waals surface area (Å²) in [5.41, 5.74) is 1.18. The van der Waals surface area contributed by atoms with Gasteiger partial charge < -0.3 is 9.53 Å². The quantitative estimate of drug-likeness (QED) is 0.362. The minimum atomic E-state index is 0.585. The second-order valence-corrected chi connectivity index (χ2v) is 5.68. The second kappa shape index (κ2) is 12.4. The van der Waals surface area contributed by atoms with Gasteiger partial charge in [-0.15, -0.1) is 0 Å². The van der Waals surface area contributed by atoms with Crippen LogP contribution in [-0.2, 0) is 11.2 Å². The molecule has 1 rings (SSSR count). The highest BCUT2D eigenvalue weighted by Crippen LogP contribution is 2.15. The summed E-state index contributed by atoms with van der Waals surface area (Å²) < 4.78 is 5.78. The Labute approximate surface area is 129 Å². The molecule has 2 nitrogen and oxygen atoms in total. The summed E-state index contributed by atoms with van der Waals surface area (Å²) in [5.74, 6) is 0.932. The van der Waals surface area contributed by atoms with Gasteiger partial charge in [0.1, 0.15) is 12.0 Å². The highest BCUT2D eigenvalue weighted by atomic mass is 16.5. The van der Waals surface area contributed by atoms with E-state index in [9.17, 15) is 4.79 Å². The topological polar surface area (TPSA) is 26.3 Å². The zero-order valence-electron chi connectivity index (χ0n) is 13.5. The van der Waals surface area contributed by atoms with Crippen molar-refractivity contribution in [2.75, 3.05) is 6.61 Å². The molecule has 0 saturated carbocycles. The molecule has 1 aromatic rings. The van der Waals surface area contributed by atoms with E-state index in [1.807, 2.05) is 24.3 Å². The first-order valence-electron chi connectivity index (χ1n) is 8.52. The molecule has 0 aliphatic rings. The molecule has 0 aliphatic carbocycles. The first-order chi connectivity index (χ1) is 10.4. The molecule has 0 unspecified atom stereocenters. The molecule has 0 fully saturated rings. The molecule has 0 bridgehead atoms. The number of rotatable bonds is 13. The van der Waals surface area contributed by atoms with Crippen LogP contribution in [0.5, 0.6) is 5.75 Å². The molecule has 118 valence electrons. The number of carbonyl (C=O) groups is 1. The number of carbonyl (C=O) groups excluding carboxylic acids is 1. The molecule has 0 spiro atoms. The predicted molar refractivity (Wildman–Crippen MR) is 88.9 cm³/mol. The Kier molecular flexibility index (Phi) is 10.5. The van der Waals surface area contributed by atoms with Crippen LogP contribution in [0.25, 0.3) is 0 Å². The van der Waals surface area contributed by atoms with Gasteiger partial charge in [0.15, 0.2) is 0 Å². The van der Waals surface area contributed by atoms with Crippen molar-refractivity contribution in [2.45, 2.75) is 71.1 Å². The van der Waals surface area contributed by atoms with Gasteiger partial charge in [0.2, 0.25) is 0 Å². The summed E-state index contributed by atoms with van der Waals surface area (Å²) in [6, 6.07) is 8.10. The highest BCUT2D eigenvalue weighted by molar-refractivity contribution is 5.50. The van der Waals surface area contributed by atoms with E-state index in [1.165, 1.54) is 50.5 Å². The fourth-order valence-electron chi connectivity index (χ4n) is 2.44. The van der Waals surface area contributed by atoms with Gasteiger partial charge >= 0.3 is 0 Å². The number of benzene rings is 1. The zero-order valence-corrected chi connectivity index (χ0v) is 13.5. The van der Waals surface area contributed by atoms with Gasteiger partial charge in [-0.2, -0.15) is 0 Å². The minimum Gasteiger partial charge on any atom is -0.494 e. The van der Waals surface area contributed by atoms with Crippen LogP contribution in [-0.4, -0.2) is 12.9 Å². The summed E-state index contributed by atoms with van der Waals surface area (Å²) >= 11 is 0. The summed E-state index contributed by atoms with van der Waals surface area (Å²) in [6.07, 6.45) is 12.9. The van der Waals surface area contributed by atoms with Gasteiger partial charge in [-0.3, -0.25) is 0 Å². The number of aldehydes is 1. The van der Waals surface area contributed by atoms with Crippen molar-refractivity contribution >= 4 is 6.29 Å². The van der Waals surface area contributed by atoms with Crippen LogP contribution in [0.3, 0.4) is 0 Å². The van der Waals surface area contributed by atoms with Crippen molar-refractivity contribution in [1.82, 2.24) is 0 Å². The van der Waals surface area contributed by atoms with Crippen molar-refractivity contribution in [1.29, 1.82) is 0 Å². The largest absolute Gasteiger partial charge is 0.494 e. The lowest BCUT2D eigenvalue weighted by Gasteiger charge is -2.07. The summed E-state index contributed by atoms with van der Waals surface area (Å²) in [7, 11) is 0. The van der Waals surface area contributed by atoms with Crippen molar-refractivity contribution in [3.8, 4) is 5.75 Å². The lowest BCUT2D eigenvalue weighted by atomic mass is 10.1. The van der Waals surface area contributed by atoms with Crippen LogP contribution < -0.4 is 4.74 Å². The number of ether oxygens (including phenoxy) is 1. The van der Waals surface area contributed by atoms with E-state index in [1.54, 1.807) is 0 Å². The fourth-order valence-corrected chi connectivity index (χ4v) is 2.44. The second-order valence-electron chi connectivity index (χ2n) is 5.68. The van der Waals surface area contributed by atoms with Crippen molar-refractivity contribution in [2.24, 2.45) is 0 Å². The van der Waals surface area contributed by atoms with E-state index in [2.05, 4.69) is 6.92 Å². The molecular formula is C19H30O2. The molecule has 0 aliphatic heterocycles. The first kappa shape index (κ1) is 17.7. The van der Waals surface area contributed by atoms with E-state index in [0.717, 1.165) is 31.5 Å². The van der Waals surface area contributed by atoms with E-state index in [4.69, 9.17) is 4.74 Å². The summed E-state index contributed by atoms with van der Waals surface area (Å²) in [4.78, 5) is 10.4. The third-order valence-corrected chi connectivity index (χ3v) is 3.72. The van der Waals surface area contributed by atoms with Crippen LogP contribution in [0.1, 0.15) is 70.3 Å². The minimum absolute atomic E-state index is 0.585. The van der Waals surface area contributed by atoms with Gasteiger partial charge in [0.25, 0.3) is 0 Å². The maximum atomic E-state index is 10.4.